The Morgan fingerprint density at radius 2 is 1.73 bits per heavy atom. The smallest absolute Gasteiger partial charge is 0.223 e. The van der Waals surface area contributed by atoms with Crippen molar-refractivity contribution in [1.29, 1.82) is 0 Å². The molecule has 4 aromatic rings. The molecule has 40 heavy (non-hydrogen) atoms. The predicted molar refractivity (Wildman–Crippen MR) is 149 cm³/mol. The van der Waals surface area contributed by atoms with Gasteiger partial charge in [0.2, 0.25) is 12.2 Å². The molecule has 0 radical (unpaired) electrons. The number of aromatic amines is 1. The largest absolute Gasteiger partial charge is 0.379 e. The zero-order valence-corrected chi connectivity index (χ0v) is 22.6. The van der Waals surface area contributed by atoms with Crippen molar-refractivity contribution >= 4 is 5.95 Å². The fourth-order valence-electron chi connectivity index (χ4n) is 5.14. The first kappa shape index (κ1) is 26.5. The number of ether oxygens (including phenoxy) is 3. The number of nitrogens with one attached hydrogen (secondary N) is 2. The molecule has 2 N–H and O–H groups in total. The third kappa shape index (κ3) is 5.62. The summed E-state index contributed by atoms with van der Waals surface area (Å²) in [5.74, 6) is 0.705. The summed E-state index contributed by atoms with van der Waals surface area (Å²) >= 11 is 0. The van der Waals surface area contributed by atoms with Gasteiger partial charge >= 0.3 is 0 Å². The number of anilines is 1. The molecule has 4 heterocycles. The molecule has 0 amide bonds. The van der Waals surface area contributed by atoms with Crippen molar-refractivity contribution < 1.29 is 18.6 Å². The lowest BCUT2D eigenvalue weighted by atomic mass is 10.0. The molecule has 10 heteroatoms. The van der Waals surface area contributed by atoms with Gasteiger partial charge < -0.3 is 24.5 Å². The van der Waals surface area contributed by atoms with E-state index >= 15 is 0 Å². The van der Waals surface area contributed by atoms with Gasteiger partial charge in [-0.25, -0.2) is 19.3 Å². The zero-order chi connectivity index (χ0) is 27.5. The van der Waals surface area contributed by atoms with Crippen LogP contribution in [0.4, 0.5) is 10.3 Å². The van der Waals surface area contributed by atoms with Gasteiger partial charge in [-0.15, -0.1) is 0 Å². The number of hydrogen-bond acceptors (Lipinski definition) is 8. The molecule has 0 saturated carbocycles. The molecule has 1 atom stereocenters. The van der Waals surface area contributed by atoms with Crippen molar-refractivity contribution in [3.63, 3.8) is 0 Å². The number of aromatic nitrogens is 4. The summed E-state index contributed by atoms with van der Waals surface area (Å²) in [6.07, 6.45) is 1.04. The molecule has 208 valence electrons. The van der Waals surface area contributed by atoms with Crippen molar-refractivity contribution in [2.75, 3.05) is 44.8 Å². The van der Waals surface area contributed by atoms with E-state index in [-0.39, 0.29) is 17.4 Å². The molecular weight excluding hydrogens is 511 g/mol. The number of imidazole rings is 1. The van der Waals surface area contributed by atoms with Crippen LogP contribution in [0.1, 0.15) is 37.6 Å². The maximum atomic E-state index is 13.8. The fourth-order valence-corrected chi connectivity index (χ4v) is 5.14. The number of hydrogen-bond donors (Lipinski definition) is 2. The van der Waals surface area contributed by atoms with Crippen LogP contribution in [0.2, 0.25) is 0 Å². The van der Waals surface area contributed by atoms with E-state index in [4.69, 9.17) is 24.2 Å². The van der Waals surface area contributed by atoms with E-state index < -0.39 is 6.29 Å². The number of benzene rings is 2. The second-order valence-electron chi connectivity index (χ2n) is 10.4. The van der Waals surface area contributed by atoms with E-state index in [0.717, 1.165) is 24.2 Å². The average molecular weight is 545 g/mol. The Kier molecular flexibility index (Phi) is 7.57. The minimum Gasteiger partial charge on any atom is -0.379 e. The van der Waals surface area contributed by atoms with E-state index in [0.29, 0.717) is 55.3 Å². The summed E-state index contributed by atoms with van der Waals surface area (Å²) in [6, 6.07) is 18.2. The summed E-state index contributed by atoms with van der Waals surface area (Å²) in [6.45, 7) is 8.32. The molecule has 2 aromatic carbocycles. The monoisotopic (exact) mass is 544 g/mol. The van der Waals surface area contributed by atoms with Crippen LogP contribution in [0.3, 0.4) is 0 Å². The highest BCUT2D eigenvalue weighted by Gasteiger charge is 2.40. The third-order valence-corrected chi connectivity index (χ3v) is 7.49. The zero-order valence-electron chi connectivity index (χ0n) is 22.6. The standard InChI is InChI=1S/C30H33FN6O3/c1-20(21-6-4-3-5-7-21)33-29-32-13-12-24(34-29)26-25(22-8-10-23(31)11-9-22)35-27(36-26)28-39-18-30(2,19-40-28)37-14-16-38-17-15-37/h3-13,20,28H,14-19H2,1-2H3,(H,35,36)(H,32,33,34). The normalized spacial score (nSPS) is 22.6. The highest BCUT2D eigenvalue weighted by Crippen LogP contribution is 2.35. The molecule has 2 aromatic heterocycles. The van der Waals surface area contributed by atoms with Gasteiger partial charge in [-0.05, 0) is 49.7 Å². The van der Waals surface area contributed by atoms with E-state index in [2.05, 4.69) is 46.2 Å². The lowest BCUT2D eigenvalue weighted by Gasteiger charge is -2.46. The van der Waals surface area contributed by atoms with Gasteiger partial charge in [-0.2, -0.15) is 0 Å². The van der Waals surface area contributed by atoms with Gasteiger partial charge in [0, 0.05) is 24.8 Å². The molecule has 2 saturated heterocycles. The lowest BCUT2D eigenvalue weighted by Crippen LogP contribution is -2.59. The summed E-state index contributed by atoms with van der Waals surface area (Å²) in [5.41, 5.74) is 3.59. The minimum absolute atomic E-state index is 0.00941. The van der Waals surface area contributed by atoms with Crippen molar-refractivity contribution in [2.45, 2.75) is 31.7 Å². The second-order valence-corrected chi connectivity index (χ2v) is 10.4. The van der Waals surface area contributed by atoms with Gasteiger partial charge in [-0.1, -0.05) is 30.3 Å². The Balaban J connectivity index is 1.28. The van der Waals surface area contributed by atoms with Gasteiger partial charge in [0.05, 0.1) is 55.1 Å². The SMILES string of the molecule is CC(Nc1nccc(-c2[nH]c(C3OCC(C)(N4CCOCC4)CO3)nc2-c2ccc(F)cc2)n1)c1ccccc1. The van der Waals surface area contributed by atoms with Crippen LogP contribution < -0.4 is 5.32 Å². The first-order chi connectivity index (χ1) is 19.5. The molecule has 2 fully saturated rings. The molecule has 1 unspecified atom stereocenters. The maximum absolute atomic E-state index is 13.8. The quantitative estimate of drug-likeness (QED) is 0.336. The summed E-state index contributed by atoms with van der Waals surface area (Å²) in [7, 11) is 0. The topological polar surface area (TPSA) is 97.4 Å². The van der Waals surface area contributed by atoms with Gasteiger partial charge in [-0.3, -0.25) is 4.90 Å². The Bertz CT molecular complexity index is 1420. The Hall–Kier alpha value is -3.70. The van der Waals surface area contributed by atoms with E-state index in [1.807, 2.05) is 24.3 Å². The Morgan fingerprint density at radius 1 is 1.00 bits per heavy atom. The van der Waals surface area contributed by atoms with Crippen LogP contribution in [0.5, 0.6) is 0 Å². The summed E-state index contributed by atoms with van der Waals surface area (Å²) in [4.78, 5) is 19.8. The molecule has 2 aliphatic heterocycles. The summed E-state index contributed by atoms with van der Waals surface area (Å²) < 4.78 is 31.7. The molecule has 6 rings (SSSR count). The molecule has 0 aliphatic carbocycles. The lowest BCUT2D eigenvalue weighted by molar-refractivity contribution is -0.242. The van der Waals surface area contributed by atoms with Crippen LogP contribution in [-0.2, 0) is 14.2 Å². The minimum atomic E-state index is -0.667. The first-order valence-electron chi connectivity index (χ1n) is 13.6. The maximum Gasteiger partial charge on any atom is 0.223 e. The Labute approximate surface area is 232 Å². The average Bonchev–Trinajstić information content (AvgIpc) is 3.44. The van der Waals surface area contributed by atoms with Gasteiger partial charge in [0.15, 0.2) is 5.82 Å². The van der Waals surface area contributed by atoms with E-state index in [1.54, 1.807) is 18.3 Å². The van der Waals surface area contributed by atoms with E-state index in [1.165, 1.54) is 12.1 Å². The highest BCUT2D eigenvalue weighted by molar-refractivity contribution is 5.77. The number of morpholine rings is 1. The van der Waals surface area contributed by atoms with Crippen LogP contribution in [0, 0.1) is 5.82 Å². The number of rotatable bonds is 7. The number of H-pyrrole nitrogens is 1. The molecule has 9 nitrogen and oxygen atoms in total. The molecule has 0 bridgehead atoms. The van der Waals surface area contributed by atoms with Crippen LogP contribution in [-0.4, -0.2) is 69.9 Å². The van der Waals surface area contributed by atoms with Gasteiger partial charge in [0.25, 0.3) is 0 Å². The molecule has 2 aliphatic rings. The molecule has 0 spiro atoms. The number of nitrogens with zero attached hydrogens (tertiary/aromatic N) is 4. The first-order valence-corrected chi connectivity index (χ1v) is 13.6. The fraction of sp³-hybridized carbons (Fsp3) is 0.367. The van der Waals surface area contributed by atoms with Crippen LogP contribution >= 0.6 is 0 Å². The highest BCUT2D eigenvalue weighted by atomic mass is 19.1. The van der Waals surface area contributed by atoms with Crippen molar-refractivity contribution in [3.05, 3.63) is 84.1 Å². The Morgan fingerprint density at radius 3 is 2.45 bits per heavy atom. The third-order valence-electron chi connectivity index (χ3n) is 7.49. The van der Waals surface area contributed by atoms with Crippen LogP contribution in [0.15, 0.2) is 66.9 Å². The van der Waals surface area contributed by atoms with Crippen molar-refractivity contribution in [1.82, 2.24) is 24.8 Å². The number of halogens is 1. The van der Waals surface area contributed by atoms with Gasteiger partial charge in [0.1, 0.15) is 5.82 Å². The van der Waals surface area contributed by atoms with Crippen molar-refractivity contribution in [3.8, 4) is 22.6 Å². The predicted octanol–water partition coefficient (Wildman–Crippen LogP) is 4.98. The second kappa shape index (κ2) is 11.4. The van der Waals surface area contributed by atoms with Crippen molar-refractivity contribution in [2.24, 2.45) is 0 Å². The van der Waals surface area contributed by atoms with Crippen LogP contribution in [0.25, 0.3) is 22.6 Å². The van der Waals surface area contributed by atoms with E-state index in [9.17, 15) is 4.39 Å². The molecular formula is C30H33FN6O3. The summed E-state index contributed by atoms with van der Waals surface area (Å²) in [5, 5.41) is 3.38.